The van der Waals surface area contributed by atoms with E-state index >= 15 is 0 Å². The molecule has 0 bridgehead atoms. The molecule has 1 amide bonds. The van der Waals surface area contributed by atoms with Gasteiger partial charge in [0.2, 0.25) is 5.91 Å². The fourth-order valence-corrected chi connectivity index (χ4v) is 2.06. The first-order valence-electron chi connectivity index (χ1n) is 7.08. The molecule has 0 aromatic heterocycles. The summed E-state index contributed by atoms with van der Waals surface area (Å²) in [6.07, 6.45) is 1.74. The molecule has 0 heterocycles. The molecule has 106 valence electrons. The molecule has 0 fully saturated rings. The minimum absolute atomic E-state index is 0.00313. The third-order valence-corrected chi connectivity index (χ3v) is 3.31. The fourth-order valence-electron chi connectivity index (χ4n) is 2.06. The van der Waals surface area contributed by atoms with Crippen LogP contribution in [0.1, 0.15) is 51.3 Å². The Morgan fingerprint density at radius 2 is 1.79 bits per heavy atom. The van der Waals surface area contributed by atoms with E-state index in [-0.39, 0.29) is 11.9 Å². The molecular formula is C16H26N2O. The molecule has 3 heteroatoms. The van der Waals surface area contributed by atoms with Crippen LogP contribution in [0.25, 0.3) is 0 Å². The SMILES string of the molecule is CCc1ccc(C(C)NC(=O)[C@@H](N)CC(C)C)cc1. The van der Waals surface area contributed by atoms with Crippen molar-refractivity contribution in [1.29, 1.82) is 0 Å². The molecule has 1 rings (SSSR count). The lowest BCUT2D eigenvalue weighted by Crippen LogP contribution is -2.42. The Kier molecular flexibility index (Phi) is 6.03. The zero-order valence-electron chi connectivity index (χ0n) is 12.4. The first-order chi connectivity index (χ1) is 8.93. The molecule has 1 aromatic carbocycles. The Bertz CT molecular complexity index is 398. The van der Waals surface area contributed by atoms with Crippen LogP contribution in [0.4, 0.5) is 0 Å². The van der Waals surface area contributed by atoms with Crippen molar-refractivity contribution in [2.24, 2.45) is 11.7 Å². The topological polar surface area (TPSA) is 55.1 Å². The van der Waals surface area contributed by atoms with E-state index in [1.165, 1.54) is 5.56 Å². The van der Waals surface area contributed by atoms with E-state index in [0.29, 0.717) is 12.3 Å². The lowest BCUT2D eigenvalue weighted by molar-refractivity contribution is -0.123. The molecule has 0 aliphatic rings. The maximum atomic E-state index is 11.9. The normalized spacial score (nSPS) is 14.2. The third-order valence-electron chi connectivity index (χ3n) is 3.31. The van der Waals surface area contributed by atoms with Gasteiger partial charge in [0.25, 0.3) is 0 Å². The summed E-state index contributed by atoms with van der Waals surface area (Å²) in [6.45, 7) is 8.26. The van der Waals surface area contributed by atoms with E-state index < -0.39 is 6.04 Å². The van der Waals surface area contributed by atoms with Gasteiger partial charge in [0.15, 0.2) is 0 Å². The summed E-state index contributed by atoms with van der Waals surface area (Å²) in [6, 6.07) is 7.92. The number of aryl methyl sites for hydroxylation is 1. The van der Waals surface area contributed by atoms with Crippen molar-refractivity contribution in [3.05, 3.63) is 35.4 Å². The number of hydrogen-bond acceptors (Lipinski definition) is 2. The Balaban J connectivity index is 2.57. The molecule has 0 aliphatic carbocycles. The highest BCUT2D eigenvalue weighted by Crippen LogP contribution is 2.14. The van der Waals surface area contributed by atoms with Crippen molar-refractivity contribution in [2.45, 2.75) is 52.6 Å². The van der Waals surface area contributed by atoms with Gasteiger partial charge in [-0.25, -0.2) is 0 Å². The van der Waals surface area contributed by atoms with Gasteiger partial charge in [-0.15, -0.1) is 0 Å². The monoisotopic (exact) mass is 262 g/mol. The van der Waals surface area contributed by atoms with Crippen LogP contribution in [0, 0.1) is 5.92 Å². The van der Waals surface area contributed by atoms with Gasteiger partial charge in [-0.1, -0.05) is 45.0 Å². The summed E-state index contributed by atoms with van der Waals surface area (Å²) in [5.41, 5.74) is 8.30. The number of carbonyl (C=O) groups is 1. The third kappa shape index (κ3) is 5.03. The van der Waals surface area contributed by atoms with Crippen molar-refractivity contribution in [1.82, 2.24) is 5.32 Å². The lowest BCUT2D eigenvalue weighted by Gasteiger charge is -2.19. The predicted molar refractivity (Wildman–Crippen MR) is 79.8 cm³/mol. The van der Waals surface area contributed by atoms with E-state index in [2.05, 4.69) is 50.4 Å². The van der Waals surface area contributed by atoms with Gasteiger partial charge in [0.05, 0.1) is 12.1 Å². The van der Waals surface area contributed by atoms with Crippen LogP contribution in [-0.4, -0.2) is 11.9 Å². The molecule has 3 nitrogen and oxygen atoms in total. The number of nitrogens with one attached hydrogen (secondary N) is 1. The maximum Gasteiger partial charge on any atom is 0.237 e. The first-order valence-corrected chi connectivity index (χ1v) is 7.08. The number of rotatable bonds is 6. The Labute approximate surface area is 116 Å². The zero-order chi connectivity index (χ0) is 14.4. The van der Waals surface area contributed by atoms with Crippen molar-refractivity contribution >= 4 is 5.91 Å². The second-order valence-electron chi connectivity index (χ2n) is 5.56. The van der Waals surface area contributed by atoms with E-state index in [1.54, 1.807) is 0 Å². The fraction of sp³-hybridized carbons (Fsp3) is 0.562. The average Bonchev–Trinajstić information content (AvgIpc) is 2.37. The molecule has 1 unspecified atom stereocenters. The van der Waals surface area contributed by atoms with Gasteiger partial charge in [0, 0.05) is 0 Å². The van der Waals surface area contributed by atoms with Gasteiger partial charge in [-0.3, -0.25) is 4.79 Å². The van der Waals surface area contributed by atoms with Crippen LogP contribution in [0.5, 0.6) is 0 Å². The highest BCUT2D eigenvalue weighted by Gasteiger charge is 2.17. The van der Waals surface area contributed by atoms with Crippen molar-refractivity contribution in [3.63, 3.8) is 0 Å². The maximum absolute atomic E-state index is 11.9. The van der Waals surface area contributed by atoms with Crippen LogP contribution in [-0.2, 0) is 11.2 Å². The minimum Gasteiger partial charge on any atom is -0.348 e. The van der Waals surface area contributed by atoms with Gasteiger partial charge < -0.3 is 11.1 Å². The summed E-state index contributed by atoms with van der Waals surface area (Å²) in [5.74, 6) is 0.362. The van der Waals surface area contributed by atoms with Crippen LogP contribution in [0.3, 0.4) is 0 Å². The quantitative estimate of drug-likeness (QED) is 0.828. The number of amides is 1. The number of hydrogen-bond donors (Lipinski definition) is 2. The zero-order valence-corrected chi connectivity index (χ0v) is 12.4. The summed E-state index contributed by atoms with van der Waals surface area (Å²) in [7, 11) is 0. The Hall–Kier alpha value is -1.35. The van der Waals surface area contributed by atoms with Crippen LogP contribution >= 0.6 is 0 Å². The number of benzene rings is 1. The first kappa shape index (κ1) is 15.7. The number of nitrogens with two attached hydrogens (primary N) is 1. The van der Waals surface area contributed by atoms with Gasteiger partial charge in [0.1, 0.15) is 0 Å². The molecule has 0 aliphatic heterocycles. The van der Waals surface area contributed by atoms with Gasteiger partial charge in [-0.2, -0.15) is 0 Å². The van der Waals surface area contributed by atoms with Gasteiger partial charge in [-0.05, 0) is 36.8 Å². The highest BCUT2D eigenvalue weighted by atomic mass is 16.2. The van der Waals surface area contributed by atoms with E-state index in [1.807, 2.05) is 6.92 Å². The summed E-state index contributed by atoms with van der Waals surface area (Å²) in [4.78, 5) is 11.9. The smallest absolute Gasteiger partial charge is 0.237 e. The second kappa shape index (κ2) is 7.29. The molecule has 3 N–H and O–H groups in total. The standard InChI is InChI=1S/C16H26N2O/c1-5-13-6-8-14(9-7-13)12(4)18-16(19)15(17)10-11(2)3/h6-9,11-12,15H,5,10,17H2,1-4H3,(H,18,19)/t12?,15-/m0/s1. The predicted octanol–water partition coefficient (Wildman–Crippen LogP) is 2.80. The minimum atomic E-state index is -0.419. The summed E-state index contributed by atoms with van der Waals surface area (Å²) >= 11 is 0. The molecule has 0 saturated carbocycles. The summed E-state index contributed by atoms with van der Waals surface area (Å²) < 4.78 is 0. The molecule has 1 aromatic rings. The second-order valence-corrected chi connectivity index (χ2v) is 5.56. The molecule has 19 heavy (non-hydrogen) atoms. The summed E-state index contributed by atoms with van der Waals surface area (Å²) in [5, 5.41) is 2.97. The highest BCUT2D eigenvalue weighted by molar-refractivity contribution is 5.81. The molecule has 2 atom stereocenters. The van der Waals surface area contributed by atoms with Gasteiger partial charge >= 0.3 is 0 Å². The van der Waals surface area contributed by atoms with Crippen molar-refractivity contribution < 1.29 is 4.79 Å². The largest absolute Gasteiger partial charge is 0.348 e. The lowest BCUT2D eigenvalue weighted by atomic mass is 10.0. The Morgan fingerprint density at radius 1 is 1.21 bits per heavy atom. The average molecular weight is 262 g/mol. The van der Waals surface area contributed by atoms with E-state index in [0.717, 1.165) is 12.0 Å². The van der Waals surface area contributed by atoms with Crippen LogP contribution < -0.4 is 11.1 Å². The molecular weight excluding hydrogens is 236 g/mol. The van der Waals surface area contributed by atoms with Crippen molar-refractivity contribution in [2.75, 3.05) is 0 Å². The van der Waals surface area contributed by atoms with Crippen molar-refractivity contribution in [3.8, 4) is 0 Å². The Morgan fingerprint density at radius 3 is 2.26 bits per heavy atom. The van der Waals surface area contributed by atoms with Crippen LogP contribution in [0.15, 0.2) is 24.3 Å². The molecule has 0 radical (unpaired) electrons. The molecule has 0 spiro atoms. The molecule has 0 saturated heterocycles. The van der Waals surface area contributed by atoms with E-state index in [4.69, 9.17) is 5.73 Å². The number of carbonyl (C=O) groups excluding carboxylic acids is 1. The van der Waals surface area contributed by atoms with E-state index in [9.17, 15) is 4.79 Å². The van der Waals surface area contributed by atoms with Crippen LogP contribution in [0.2, 0.25) is 0 Å².